The zero-order valence-electron chi connectivity index (χ0n) is 17.6. The molecule has 7 heteroatoms. The van der Waals surface area contributed by atoms with Crippen LogP contribution in [0.5, 0.6) is 0 Å². The van der Waals surface area contributed by atoms with Crippen molar-refractivity contribution in [3.63, 3.8) is 0 Å². The molecule has 1 fully saturated rings. The van der Waals surface area contributed by atoms with Crippen LogP contribution in [0.25, 0.3) is 16.5 Å². The Kier molecular flexibility index (Phi) is 6.12. The summed E-state index contributed by atoms with van der Waals surface area (Å²) in [4.78, 5) is 29.9. The molecule has 1 aliphatic heterocycles. The highest BCUT2D eigenvalue weighted by molar-refractivity contribution is 7.99. The molecule has 0 saturated carbocycles. The summed E-state index contributed by atoms with van der Waals surface area (Å²) >= 11 is 8.20. The van der Waals surface area contributed by atoms with Crippen molar-refractivity contribution in [2.45, 2.75) is 16.7 Å². The Labute approximate surface area is 191 Å². The van der Waals surface area contributed by atoms with Crippen molar-refractivity contribution in [3.05, 3.63) is 65.8 Å². The number of hydrogen-bond donors (Lipinski definition) is 0. The van der Waals surface area contributed by atoms with Crippen molar-refractivity contribution >= 4 is 51.7 Å². The Morgan fingerprint density at radius 1 is 1.00 bits per heavy atom. The molecule has 160 valence electrons. The van der Waals surface area contributed by atoms with Crippen LogP contribution in [-0.4, -0.2) is 52.4 Å². The van der Waals surface area contributed by atoms with Crippen LogP contribution in [0.1, 0.15) is 12.5 Å². The first-order valence-electron chi connectivity index (χ1n) is 10.1. The summed E-state index contributed by atoms with van der Waals surface area (Å²) < 4.78 is 2.10. The molecule has 0 atom stereocenters. The summed E-state index contributed by atoms with van der Waals surface area (Å²) in [5.74, 6) is -0.0786. The Morgan fingerprint density at radius 3 is 2.39 bits per heavy atom. The molecule has 4 rings (SSSR count). The van der Waals surface area contributed by atoms with E-state index in [1.54, 1.807) is 34.6 Å². The van der Waals surface area contributed by atoms with E-state index in [1.807, 2.05) is 31.4 Å². The van der Waals surface area contributed by atoms with E-state index in [0.29, 0.717) is 42.3 Å². The number of nitrogens with zero attached hydrogens (tertiary/aromatic N) is 3. The normalized spacial score (nSPS) is 14.2. The summed E-state index contributed by atoms with van der Waals surface area (Å²) in [5.41, 5.74) is 2.29. The van der Waals surface area contributed by atoms with Crippen LogP contribution in [0.2, 0.25) is 5.02 Å². The third-order valence-electron chi connectivity index (χ3n) is 5.63. The van der Waals surface area contributed by atoms with E-state index in [9.17, 15) is 9.59 Å². The summed E-state index contributed by atoms with van der Waals surface area (Å²) in [6, 6.07) is 14.0. The second-order valence-corrected chi connectivity index (χ2v) is 9.14. The van der Waals surface area contributed by atoms with Gasteiger partial charge in [0, 0.05) is 67.1 Å². The Balaban J connectivity index is 1.49. The molecule has 5 nitrogen and oxygen atoms in total. The summed E-state index contributed by atoms with van der Waals surface area (Å²) in [7, 11) is 2.03. The van der Waals surface area contributed by atoms with Gasteiger partial charge in [-0.25, -0.2) is 0 Å². The maximum absolute atomic E-state index is 12.9. The lowest BCUT2D eigenvalue weighted by Crippen LogP contribution is -2.50. The van der Waals surface area contributed by atoms with E-state index in [4.69, 9.17) is 11.6 Å². The zero-order valence-corrected chi connectivity index (χ0v) is 19.2. The van der Waals surface area contributed by atoms with Gasteiger partial charge >= 0.3 is 0 Å². The quantitative estimate of drug-likeness (QED) is 0.538. The van der Waals surface area contributed by atoms with Crippen molar-refractivity contribution in [1.29, 1.82) is 0 Å². The summed E-state index contributed by atoms with van der Waals surface area (Å²) in [5, 5.41) is 1.77. The molecule has 2 aromatic carbocycles. The number of piperazine rings is 1. The number of para-hydroxylation sites is 1. The minimum atomic E-state index is -0.117. The highest BCUT2D eigenvalue weighted by Crippen LogP contribution is 2.38. The average molecular weight is 454 g/mol. The molecular weight excluding hydrogens is 430 g/mol. The van der Waals surface area contributed by atoms with Crippen LogP contribution in [0, 0.1) is 0 Å². The predicted octanol–water partition coefficient (Wildman–Crippen LogP) is 4.69. The van der Waals surface area contributed by atoms with Crippen molar-refractivity contribution in [1.82, 2.24) is 14.4 Å². The second kappa shape index (κ2) is 8.81. The van der Waals surface area contributed by atoms with Gasteiger partial charge in [0.25, 0.3) is 5.91 Å². The standard InChI is InChI=1S/C24H24ClN3O2S/c1-16(24(30)28-13-11-27(12-14-28)17(2)29)19-7-8-21(20(25)15-19)31-22-6-4-5-18-9-10-26(3)23(18)22/h4-10,15H,1,11-14H2,2-3H3. The number of carbonyl (C=O) groups excluding carboxylic acids is 2. The van der Waals surface area contributed by atoms with E-state index in [2.05, 4.69) is 29.3 Å². The largest absolute Gasteiger partial charge is 0.350 e. The molecule has 1 aromatic heterocycles. The topological polar surface area (TPSA) is 45.6 Å². The lowest BCUT2D eigenvalue weighted by atomic mass is 10.1. The van der Waals surface area contributed by atoms with Gasteiger partial charge in [-0.05, 0) is 29.8 Å². The van der Waals surface area contributed by atoms with E-state index in [1.165, 1.54) is 5.39 Å². The third-order valence-corrected chi connectivity index (χ3v) is 7.18. The number of halogens is 1. The van der Waals surface area contributed by atoms with Crippen LogP contribution in [0.4, 0.5) is 0 Å². The van der Waals surface area contributed by atoms with Crippen LogP contribution >= 0.6 is 23.4 Å². The first kappa shape index (κ1) is 21.5. The van der Waals surface area contributed by atoms with Gasteiger partial charge in [-0.2, -0.15) is 0 Å². The molecule has 1 saturated heterocycles. The van der Waals surface area contributed by atoms with E-state index >= 15 is 0 Å². The van der Waals surface area contributed by atoms with Gasteiger partial charge in [0.1, 0.15) is 0 Å². The van der Waals surface area contributed by atoms with Crippen molar-refractivity contribution in [2.75, 3.05) is 26.2 Å². The molecule has 2 amide bonds. The highest BCUT2D eigenvalue weighted by Gasteiger charge is 2.24. The minimum absolute atomic E-state index is 0.0387. The van der Waals surface area contributed by atoms with Gasteiger partial charge in [0.05, 0.1) is 10.5 Å². The van der Waals surface area contributed by atoms with Crippen molar-refractivity contribution < 1.29 is 9.59 Å². The number of hydrogen-bond acceptors (Lipinski definition) is 3. The van der Waals surface area contributed by atoms with Gasteiger partial charge in [0.2, 0.25) is 5.91 Å². The van der Waals surface area contributed by atoms with Crippen LogP contribution in [-0.2, 0) is 16.6 Å². The molecule has 3 aromatic rings. The van der Waals surface area contributed by atoms with Crippen LogP contribution < -0.4 is 0 Å². The molecule has 1 aliphatic rings. The van der Waals surface area contributed by atoms with Crippen LogP contribution in [0.3, 0.4) is 0 Å². The maximum atomic E-state index is 12.9. The van der Waals surface area contributed by atoms with Crippen molar-refractivity contribution in [3.8, 4) is 0 Å². The summed E-state index contributed by atoms with van der Waals surface area (Å²) in [6.07, 6.45) is 2.05. The molecule has 0 N–H and O–H groups in total. The zero-order chi connectivity index (χ0) is 22.1. The summed E-state index contributed by atoms with van der Waals surface area (Å²) in [6.45, 7) is 7.70. The SMILES string of the molecule is C=C(C(=O)N1CCN(C(C)=O)CC1)c1ccc(Sc2cccc3ccn(C)c23)c(Cl)c1. The molecule has 2 heterocycles. The number of benzene rings is 2. The average Bonchev–Trinajstić information content (AvgIpc) is 3.16. The van der Waals surface area contributed by atoms with E-state index in [0.717, 1.165) is 15.3 Å². The number of aryl methyl sites for hydroxylation is 1. The van der Waals surface area contributed by atoms with E-state index in [-0.39, 0.29) is 11.8 Å². The maximum Gasteiger partial charge on any atom is 0.253 e. The Hall–Kier alpha value is -2.70. The first-order chi connectivity index (χ1) is 14.8. The number of rotatable bonds is 4. The van der Waals surface area contributed by atoms with Gasteiger partial charge in [-0.3, -0.25) is 9.59 Å². The first-order valence-corrected chi connectivity index (χ1v) is 11.3. The third kappa shape index (κ3) is 4.36. The molecule has 0 bridgehead atoms. The molecular formula is C24H24ClN3O2S. The molecule has 0 spiro atoms. The molecule has 0 radical (unpaired) electrons. The fourth-order valence-electron chi connectivity index (χ4n) is 3.83. The fourth-order valence-corrected chi connectivity index (χ4v) is 5.16. The molecule has 0 aliphatic carbocycles. The fraction of sp³-hybridized carbons (Fsp3) is 0.250. The lowest BCUT2D eigenvalue weighted by molar-refractivity contribution is -0.135. The number of fused-ring (bicyclic) bond motifs is 1. The Morgan fingerprint density at radius 2 is 1.71 bits per heavy atom. The monoisotopic (exact) mass is 453 g/mol. The van der Waals surface area contributed by atoms with Gasteiger partial charge in [0.15, 0.2) is 0 Å². The van der Waals surface area contributed by atoms with Gasteiger partial charge in [-0.15, -0.1) is 0 Å². The number of carbonyl (C=O) groups is 2. The van der Waals surface area contributed by atoms with Crippen molar-refractivity contribution in [2.24, 2.45) is 7.05 Å². The Bertz CT molecular complexity index is 1180. The minimum Gasteiger partial charge on any atom is -0.350 e. The lowest BCUT2D eigenvalue weighted by Gasteiger charge is -2.34. The molecule has 0 unspecified atom stereocenters. The van der Waals surface area contributed by atoms with Crippen LogP contribution in [0.15, 0.2) is 65.0 Å². The molecule has 31 heavy (non-hydrogen) atoms. The smallest absolute Gasteiger partial charge is 0.253 e. The van der Waals surface area contributed by atoms with Gasteiger partial charge < -0.3 is 14.4 Å². The highest BCUT2D eigenvalue weighted by atomic mass is 35.5. The second-order valence-electron chi connectivity index (χ2n) is 7.64. The van der Waals surface area contributed by atoms with Gasteiger partial charge in [-0.1, -0.05) is 48.1 Å². The number of amides is 2. The predicted molar refractivity (Wildman–Crippen MR) is 126 cm³/mol. The van der Waals surface area contributed by atoms with E-state index < -0.39 is 0 Å². The number of aromatic nitrogens is 1.